The van der Waals surface area contributed by atoms with E-state index >= 15 is 0 Å². The molecule has 0 aromatic heterocycles. The Morgan fingerprint density at radius 1 is 0.689 bits per heavy atom. The van der Waals surface area contributed by atoms with Gasteiger partial charge >= 0.3 is 0 Å². The number of nitrogens with two attached hydrogens (primary N) is 2. The van der Waals surface area contributed by atoms with E-state index in [2.05, 4.69) is 31.9 Å². The number of carbonyl (C=O) groups excluding carboxylic acids is 8. The fraction of sp³-hybridized carbons (Fsp3) is 0.469. The van der Waals surface area contributed by atoms with Crippen LogP contribution in [0.4, 0.5) is 0 Å². The number of phenolic OH excluding ortho intramolecular Hbond substituents is 2. The van der Waals surface area contributed by atoms with Crippen LogP contribution in [0.1, 0.15) is 43.4 Å². The Morgan fingerprint density at radius 3 is 1.88 bits per heavy atom. The summed E-state index contributed by atoms with van der Waals surface area (Å²) < 4.78 is 11.1. The van der Waals surface area contributed by atoms with Crippen molar-refractivity contribution in [2.45, 2.75) is 119 Å². The standard InChI is InChI=1S/C49H65N9O16/c1-25(54-44(68)32(50)19-28-10-14-30(60)15-11-28)43(67)56-33(20-27-7-4-3-5-8-27)45(69)53-23-38(63)55-34(21-29-12-16-31(61)17-13-29)48(72)58-18-6-9-35(58)46(70)57-39(47(71)52-22-37(51)62)26(2)73-49-42(66)41(65)40(64)36(24-59)74-49/h3-5,7-8,10-17,25-26,32-36,39-42,49,59-61,64-66H,6,9,18-24,50H2,1-2H3,(H2,51,62)(H,52,71)(H,53,69)(H,54,68)(H,55,63)(H,56,67)(H,57,70)/t25-,26?,32+,33+,34+,35+,36?,39+,40?,41?,42?,49?/m1/s1. The second-order valence-electron chi connectivity index (χ2n) is 18.1. The zero-order valence-corrected chi connectivity index (χ0v) is 40.7. The molecule has 12 atom stereocenters. The molecule has 16 N–H and O–H groups in total. The van der Waals surface area contributed by atoms with Gasteiger partial charge in [0.05, 0.1) is 31.8 Å². The van der Waals surface area contributed by atoms with Crippen molar-refractivity contribution in [1.82, 2.24) is 36.8 Å². The largest absolute Gasteiger partial charge is 0.508 e. The van der Waals surface area contributed by atoms with Gasteiger partial charge in [0.2, 0.25) is 47.3 Å². The Labute approximate surface area is 425 Å². The summed E-state index contributed by atoms with van der Waals surface area (Å²) in [7, 11) is 0. The number of aliphatic hydroxyl groups is 4. The lowest BCUT2D eigenvalue weighted by molar-refractivity contribution is -0.311. The number of ether oxygens (including phenoxy) is 2. The highest BCUT2D eigenvalue weighted by molar-refractivity contribution is 5.97. The number of benzene rings is 3. The van der Waals surface area contributed by atoms with Gasteiger partial charge in [-0.25, -0.2) is 0 Å². The van der Waals surface area contributed by atoms with Crippen molar-refractivity contribution in [3.63, 3.8) is 0 Å². The minimum absolute atomic E-state index is 0.00909. The van der Waals surface area contributed by atoms with E-state index in [0.29, 0.717) is 23.1 Å². The van der Waals surface area contributed by atoms with Crippen LogP contribution in [0.5, 0.6) is 11.5 Å². The van der Waals surface area contributed by atoms with Gasteiger partial charge in [-0.15, -0.1) is 0 Å². The van der Waals surface area contributed by atoms with Crippen LogP contribution in [0.15, 0.2) is 78.9 Å². The molecule has 0 aliphatic carbocycles. The Balaban J connectivity index is 1.28. The number of aliphatic hydroxyl groups excluding tert-OH is 4. The zero-order valence-electron chi connectivity index (χ0n) is 40.7. The van der Waals surface area contributed by atoms with Crippen molar-refractivity contribution in [1.29, 1.82) is 0 Å². The topological polar surface area (TPSA) is 404 Å². The molecule has 402 valence electrons. The number of hydrogen-bond acceptors (Lipinski definition) is 17. The van der Waals surface area contributed by atoms with Gasteiger partial charge in [0.15, 0.2) is 6.29 Å². The van der Waals surface area contributed by atoms with E-state index in [1.807, 2.05) is 0 Å². The Hall–Kier alpha value is -7.26. The molecule has 2 fully saturated rings. The van der Waals surface area contributed by atoms with Gasteiger partial charge in [-0.05, 0) is 74.1 Å². The maximum Gasteiger partial charge on any atom is 0.246 e. The van der Waals surface area contributed by atoms with Crippen LogP contribution in [0.25, 0.3) is 0 Å². The number of phenols is 2. The molecule has 2 heterocycles. The molecule has 74 heavy (non-hydrogen) atoms. The van der Waals surface area contributed by atoms with Crippen molar-refractivity contribution in [3.8, 4) is 11.5 Å². The third kappa shape index (κ3) is 16.4. The summed E-state index contributed by atoms with van der Waals surface area (Å²) in [5.41, 5.74) is 13.1. The first-order valence-corrected chi connectivity index (χ1v) is 23.8. The summed E-state index contributed by atoms with van der Waals surface area (Å²) in [6, 6.07) is 12.7. The first kappa shape index (κ1) is 57.6. The molecule has 2 saturated heterocycles. The minimum Gasteiger partial charge on any atom is -0.508 e. The molecule has 5 rings (SSSR count). The summed E-state index contributed by atoms with van der Waals surface area (Å²) in [5, 5.41) is 75.3. The molecule has 0 radical (unpaired) electrons. The molecule has 0 saturated carbocycles. The lowest BCUT2D eigenvalue weighted by Crippen LogP contribution is -2.62. The molecule has 0 spiro atoms. The van der Waals surface area contributed by atoms with Gasteiger partial charge in [-0.3, -0.25) is 38.4 Å². The van der Waals surface area contributed by atoms with Crippen LogP contribution in [-0.4, -0.2) is 182 Å². The molecular formula is C49H65N9O16. The molecule has 25 heteroatoms. The van der Waals surface area contributed by atoms with E-state index in [1.54, 1.807) is 42.5 Å². The fourth-order valence-corrected chi connectivity index (χ4v) is 8.23. The Morgan fingerprint density at radius 2 is 1.27 bits per heavy atom. The van der Waals surface area contributed by atoms with E-state index in [4.69, 9.17) is 20.9 Å². The Bertz CT molecular complexity index is 2420. The van der Waals surface area contributed by atoms with Crippen molar-refractivity contribution < 1.29 is 78.5 Å². The molecule has 2 aliphatic heterocycles. The summed E-state index contributed by atoms with van der Waals surface area (Å²) in [6.07, 6.45) is -9.68. The zero-order chi connectivity index (χ0) is 54.2. The quantitative estimate of drug-likeness (QED) is 0.0401. The normalized spacial score (nSPS) is 21.9. The molecule has 2 aliphatic rings. The number of amides is 8. The summed E-state index contributed by atoms with van der Waals surface area (Å²) in [6.45, 7) is 0.550. The molecular weight excluding hydrogens is 971 g/mol. The van der Waals surface area contributed by atoms with Crippen molar-refractivity contribution in [2.24, 2.45) is 11.5 Å². The van der Waals surface area contributed by atoms with Gasteiger partial charge < -0.3 is 88.4 Å². The highest BCUT2D eigenvalue weighted by Gasteiger charge is 2.46. The summed E-state index contributed by atoms with van der Waals surface area (Å²) in [4.78, 5) is 109. The highest BCUT2D eigenvalue weighted by Crippen LogP contribution is 2.25. The van der Waals surface area contributed by atoms with Gasteiger partial charge in [-0.1, -0.05) is 54.6 Å². The van der Waals surface area contributed by atoms with Crippen molar-refractivity contribution in [2.75, 3.05) is 26.2 Å². The fourth-order valence-electron chi connectivity index (χ4n) is 8.23. The number of primary amides is 1. The smallest absolute Gasteiger partial charge is 0.246 e. The third-order valence-corrected chi connectivity index (χ3v) is 12.4. The van der Waals surface area contributed by atoms with Crippen LogP contribution in [-0.2, 0) is 67.1 Å². The Kier molecular flexibility index (Phi) is 21.1. The molecule has 8 amide bonds. The SMILES string of the molecule is CC(OC1OC(CO)C(O)C(O)C1O)[C@H](NC(=O)[C@@H]1CCCN1C(=O)[C@H](Cc1ccc(O)cc1)NC(=O)CNC(=O)[C@H](Cc1ccccc1)NC(=O)[C@@H](C)NC(=O)[C@@H](N)Cc1ccc(O)cc1)C(=O)NCC(N)=O. The van der Waals surface area contributed by atoms with Crippen LogP contribution >= 0.6 is 0 Å². The lowest BCUT2D eigenvalue weighted by Gasteiger charge is -2.41. The average Bonchev–Trinajstić information content (AvgIpc) is 3.88. The number of hydrogen-bond donors (Lipinski definition) is 14. The monoisotopic (exact) mass is 1040 g/mol. The van der Waals surface area contributed by atoms with E-state index in [9.17, 15) is 69.0 Å². The van der Waals surface area contributed by atoms with E-state index in [-0.39, 0.29) is 43.7 Å². The van der Waals surface area contributed by atoms with Gasteiger partial charge in [0, 0.05) is 19.4 Å². The van der Waals surface area contributed by atoms with Gasteiger partial charge in [0.25, 0.3) is 0 Å². The first-order chi connectivity index (χ1) is 35.1. The molecule has 25 nitrogen and oxygen atoms in total. The van der Waals surface area contributed by atoms with E-state index < -0.39 is 140 Å². The number of carbonyl (C=O) groups is 8. The van der Waals surface area contributed by atoms with Crippen LogP contribution in [0.3, 0.4) is 0 Å². The number of rotatable bonds is 24. The lowest BCUT2D eigenvalue weighted by atomic mass is 9.99. The van der Waals surface area contributed by atoms with Gasteiger partial charge in [0.1, 0.15) is 66.1 Å². The number of aromatic hydroxyl groups is 2. The first-order valence-electron chi connectivity index (χ1n) is 23.8. The maximum atomic E-state index is 14.5. The molecule has 3 aromatic carbocycles. The molecule has 3 aromatic rings. The summed E-state index contributed by atoms with van der Waals surface area (Å²) in [5.74, 6) is -6.63. The van der Waals surface area contributed by atoms with Gasteiger partial charge in [-0.2, -0.15) is 0 Å². The van der Waals surface area contributed by atoms with Crippen molar-refractivity contribution in [3.05, 3.63) is 95.6 Å². The maximum absolute atomic E-state index is 14.5. The average molecular weight is 1040 g/mol. The second kappa shape index (κ2) is 27.2. The van der Waals surface area contributed by atoms with Crippen LogP contribution in [0.2, 0.25) is 0 Å². The number of likely N-dealkylation sites (tertiary alicyclic amines) is 1. The number of nitrogens with zero attached hydrogens (tertiary/aromatic N) is 1. The third-order valence-electron chi connectivity index (χ3n) is 12.4. The minimum atomic E-state index is -1.88. The van der Waals surface area contributed by atoms with Crippen molar-refractivity contribution >= 4 is 47.3 Å². The van der Waals surface area contributed by atoms with E-state index in [0.717, 1.165) is 0 Å². The molecule has 6 unspecified atom stereocenters. The highest BCUT2D eigenvalue weighted by atomic mass is 16.7. The summed E-state index contributed by atoms with van der Waals surface area (Å²) >= 11 is 0. The van der Waals surface area contributed by atoms with Crippen LogP contribution < -0.4 is 43.4 Å². The number of nitrogens with one attached hydrogen (secondary N) is 6. The molecule has 0 bridgehead atoms. The predicted molar refractivity (Wildman–Crippen MR) is 259 cm³/mol. The van der Waals surface area contributed by atoms with Crippen LogP contribution in [0, 0.1) is 0 Å². The second-order valence-corrected chi connectivity index (χ2v) is 18.1. The predicted octanol–water partition coefficient (Wildman–Crippen LogP) is -4.67. The van der Waals surface area contributed by atoms with E-state index in [1.165, 1.54) is 55.1 Å².